The molecule has 3 aromatic heterocycles. The van der Waals surface area contributed by atoms with Gasteiger partial charge in [-0.2, -0.15) is 0 Å². The van der Waals surface area contributed by atoms with Crippen molar-refractivity contribution in [2.75, 3.05) is 0 Å². The molecule has 0 fully saturated rings. The van der Waals surface area contributed by atoms with Crippen LogP contribution in [0, 0.1) is 13.8 Å². The highest BCUT2D eigenvalue weighted by Crippen LogP contribution is 2.35. The van der Waals surface area contributed by atoms with Gasteiger partial charge in [-0.05, 0) is 49.1 Å². The van der Waals surface area contributed by atoms with Crippen LogP contribution < -0.4 is 0 Å². The molecule has 0 amide bonds. The first-order chi connectivity index (χ1) is 9.63. The van der Waals surface area contributed by atoms with Gasteiger partial charge in [0.15, 0.2) is 0 Å². The van der Waals surface area contributed by atoms with Crippen LogP contribution in [-0.2, 0) is 0 Å². The summed E-state index contributed by atoms with van der Waals surface area (Å²) in [5.74, 6) is 0. The van der Waals surface area contributed by atoms with Gasteiger partial charge in [0.25, 0.3) is 0 Å². The zero-order chi connectivity index (χ0) is 14.1. The van der Waals surface area contributed by atoms with Gasteiger partial charge in [-0.25, -0.2) is 0 Å². The molecule has 0 aliphatic heterocycles. The van der Waals surface area contributed by atoms with E-state index >= 15 is 0 Å². The highest BCUT2D eigenvalue weighted by atomic mass is 35.5. The van der Waals surface area contributed by atoms with Gasteiger partial charge in [-0.3, -0.25) is 9.97 Å². The second-order valence-corrected chi connectivity index (χ2v) is 6.07. The molecule has 0 aliphatic rings. The maximum absolute atomic E-state index is 6.11. The normalized spacial score (nSPS) is 10.8. The van der Waals surface area contributed by atoms with E-state index < -0.39 is 0 Å². The molecular weight excluding hydrogens is 288 g/mol. The van der Waals surface area contributed by atoms with Crippen molar-refractivity contribution in [3.8, 4) is 21.7 Å². The van der Waals surface area contributed by atoms with Gasteiger partial charge in [0.05, 0.1) is 10.7 Å². The Kier molecular flexibility index (Phi) is 3.55. The molecule has 3 rings (SSSR count). The van der Waals surface area contributed by atoms with Crippen LogP contribution in [0.25, 0.3) is 21.7 Å². The van der Waals surface area contributed by atoms with Crippen molar-refractivity contribution < 1.29 is 0 Å². The molecule has 0 aromatic carbocycles. The molecule has 0 saturated heterocycles. The number of hydrogen-bond donors (Lipinski definition) is 0. The van der Waals surface area contributed by atoms with Crippen molar-refractivity contribution in [1.82, 2.24) is 9.97 Å². The third kappa shape index (κ3) is 2.60. The SMILES string of the molecule is Cc1csc(-c2cc(Cl)cnc2-c2ccc(C)nc2)c1. The van der Waals surface area contributed by atoms with Crippen LogP contribution >= 0.6 is 22.9 Å². The van der Waals surface area contributed by atoms with Crippen molar-refractivity contribution >= 4 is 22.9 Å². The van der Waals surface area contributed by atoms with Gasteiger partial charge in [0, 0.05) is 34.1 Å². The zero-order valence-corrected chi connectivity index (χ0v) is 12.8. The van der Waals surface area contributed by atoms with Crippen molar-refractivity contribution in [1.29, 1.82) is 0 Å². The number of rotatable bonds is 2. The van der Waals surface area contributed by atoms with E-state index in [2.05, 4.69) is 28.3 Å². The Labute approximate surface area is 127 Å². The number of nitrogens with zero attached hydrogens (tertiary/aromatic N) is 2. The second kappa shape index (κ2) is 5.35. The van der Waals surface area contributed by atoms with E-state index in [1.54, 1.807) is 17.5 Å². The number of aryl methyl sites for hydroxylation is 2. The molecule has 0 N–H and O–H groups in total. The Morgan fingerprint density at radius 1 is 1.05 bits per heavy atom. The van der Waals surface area contributed by atoms with Crippen molar-refractivity contribution in [3.05, 3.63) is 58.3 Å². The average molecular weight is 301 g/mol. The lowest BCUT2D eigenvalue weighted by atomic mass is 10.1. The summed E-state index contributed by atoms with van der Waals surface area (Å²) >= 11 is 7.82. The first-order valence-corrected chi connectivity index (χ1v) is 7.53. The summed E-state index contributed by atoms with van der Waals surface area (Å²) in [6.45, 7) is 4.06. The van der Waals surface area contributed by atoms with E-state index in [0.29, 0.717) is 5.02 Å². The summed E-state index contributed by atoms with van der Waals surface area (Å²) in [5, 5.41) is 2.78. The molecule has 3 aromatic rings. The summed E-state index contributed by atoms with van der Waals surface area (Å²) in [4.78, 5) is 10.0. The highest BCUT2D eigenvalue weighted by molar-refractivity contribution is 7.13. The quantitative estimate of drug-likeness (QED) is 0.654. The van der Waals surface area contributed by atoms with Gasteiger partial charge in [-0.1, -0.05) is 11.6 Å². The predicted molar refractivity (Wildman–Crippen MR) is 85.3 cm³/mol. The smallest absolute Gasteiger partial charge is 0.0805 e. The Balaban J connectivity index is 2.18. The monoisotopic (exact) mass is 300 g/mol. The van der Waals surface area contributed by atoms with Crippen LogP contribution in [0.3, 0.4) is 0 Å². The molecule has 0 unspecified atom stereocenters. The van der Waals surface area contributed by atoms with Crippen LogP contribution in [-0.4, -0.2) is 9.97 Å². The van der Waals surface area contributed by atoms with E-state index in [4.69, 9.17) is 11.6 Å². The lowest BCUT2D eigenvalue weighted by Crippen LogP contribution is -1.90. The van der Waals surface area contributed by atoms with Crippen LogP contribution in [0.2, 0.25) is 5.02 Å². The molecule has 100 valence electrons. The molecule has 0 atom stereocenters. The number of pyridine rings is 2. The molecule has 4 heteroatoms. The number of hydrogen-bond acceptors (Lipinski definition) is 3. The van der Waals surface area contributed by atoms with E-state index in [9.17, 15) is 0 Å². The van der Waals surface area contributed by atoms with Gasteiger partial charge < -0.3 is 0 Å². The lowest BCUT2D eigenvalue weighted by Gasteiger charge is -2.08. The fraction of sp³-hybridized carbons (Fsp3) is 0.125. The molecule has 0 aliphatic carbocycles. The summed E-state index contributed by atoms with van der Waals surface area (Å²) < 4.78 is 0. The van der Waals surface area contributed by atoms with Gasteiger partial charge in [-0.15, -0.1) is 11.3 Å². The van der Waals surface area contributed by atoms with Gasteiger partial charge in [0.2, 0.25) is 0 Å². The molecule has 2 nitrogen and oxygen atoms in total. The molecular formula is C16H13ClN2S. The second-order valence-electron chi connectivity index (χ2n) is 4.73. The Bertz CT molecular complexity index is 747. The summed E-state index contributed by atoms with van der Waals surface area (Å²) in [6, 6.07) is 8.16. The largest absolute Gasteiger partial charge is 0.261 e. The Hall–Kier alpha value is -1.71. The minimum Gasteiger partial charge on any atom is -0.261 e. The lowest BCUT2D eigenvalue weighted by molar-refractivity contribution is 1.19. The van der Waals surface area contributed by atoms with Crippen molar-refractivity contribution in [3.63, 3.8) is 0 Å². The number of aromatic nitrogens is 2. The first kappa shape index (κ1) is 13.3. The van der Waals surface area contributed by atoms with E-state index in [1.807, 2.05) is 31.3 Å². The van der Waals surface area contributed by atoms with Gasteiger partial charge >= 0.3 is 0 Å². The van der Waals surface area contributed by atoms with Gasteiger partial charge in [0.1, 0.15) is 0 Å². The van der Waals surface area contributed by atoms with Crippen LogP contribution in [0.5, 0.6) is 0 Å². The zero-order valence-electron chi connectivity index (χ0n) is 11.2. The summed E-state index contributed by atoms with van der Waals surface area (Å²) in [6.07, 6.45) is 3.54. The van der Waals surface area contributed by atoms with Crippen molar-refractivity contribution in [2.24, 2.45) is 0 Å². The van der Waals surface area contributed by atoms with Crippen LogP contribution in [0.4, 0.5) is 0 Å². The highest BCUT2D eigenvalue weighted by Gasteiger charge is 2.11. The van der Waals surface area contributed by atoms with E-state index in [1.165, 1.54) is 10.4 Å². The number of thiophene rings is 1. The fourth-order valence-corrected chi connectivity index (χ4v) is 3.11. The standard InChI is InChI=1S/C16H13ClN2S/c1-10-5-15(20-9-10)14-6-13(17)8-19-16(14)12-4-3-11(2)18-7-12/h3-9H,1-2H3. The predicted octanol–water partition coefficient (Wildman–Crippen LogP) is 5.14. The van der Waals surface area contributed by atoms with E-state index in [-0.39, 0.29) is 0 Å². The summed E-state index contributed by atoms with van der Waals surface area (Å²) in [5.41, 5.74) is 5.23. The third-order valence-corrected chi connectivity index (χ3v) is 4.32. The van der Waals surface area contributed by atoms with Crippen molar-refractivity contribution in [2.45, 2.75) is 13.8 Å². The molecule has 0 radical (unpaired) electrons. The maximum atomic E-state index is 6.11. The molecule has 0 bridgehead atoms. The minimum atomic E-state index is 0.648. The number of halogens is 1. The van der Waals surface area contributed by atoms with Crippen LogP contribution in [0.15, 0.2) is 42.0 Å². The maximum Gasteiger partial charge on any atom is 0.0805 e. The van der Waals surface area contributed by atoms with Crippen LogP contribution in [0.1, 0.15) is 11.3 Å². The Morgan fingerprint density at radius 2 is 1.90 bits per heavy atom. The fourth-order valence-electron chi connectivity index (χ4n) is 2.04. The first-order valence-electron chi connectivity index (χ1n) is 6.27. The molecule has 0 saturated carbocycles. The molecule has 20 heavy (non-hydrogen) atoms. The topological polar surface area (TPSA) is 25.8 Å². The molecule has 3 heterocycles. The Morgan fingerprint density at radius 3 is 2.55 bits per heavy atom. The summed E-state index contributed by atoms with van der Waals surface area (Å²) in [7, 11) is 0. The average Bonchev–Trinajstić information content (AvgIpc) is 2.86. The molecule has 0 spiro atoms. The minimum absolute atomic E-state index is 0.648. The third-order valence-electron chi connectivity index (χ3n) is 3.04. The van der Waals surface area contributed by atoms with E-state index in [0.717, 1.165) is 22.5 Å².